The number of amides is 1. The van der Waals surface area contributed by atoms with Crippen LogP contribution in [0.5, 0.6) is 5.75 Å². The van der Waals surface area contributed by atoms with Crippen molar-refractivity contribution >= 4 is 17.4 Å². The van der Waals surface area contributed by atoms with Gasteiger partial charge in [0, 0.05) is 44.5 Å². The predicted molar refractivity (Wildman–Crippen MR) is 144 cm³/mol. The van der Waals surface area contributed by atoms with Crippen LogP contribution >= 0.6 is 0 Å². The van der Waals surface area contributed by atoms with Gasteiger partial charge in [0.1, 0.15) is 11.8 Å². The first-order valence-corrected chi connectivity index (χ1v) is 13.9. The number of nitriles is 1. The molecule has 1 amide bonds. The van der Waals surface area contributed by atoms with Crippen LogP contribution in [-0.2, 0) is 11.2 Å². The topological polar surface area (TPSA) is 82.4 Å². The Morgan fingerprint density at radius 3 is 2.51 bits per heavy atom. The first-order valence-electron chi connectivity index (χ1n) is 13.9. The molecular formula is C30H37N5O2. The molecule has 0 spiro atoms. The SMILES string of the molecule is CCc1cnc(N2CCC(COc3ccc(C4=CCC(C(=O)N5CCCC5)CC4)cc3C#N)CC2)nc1. The van der Waals surface area contributed by atoms with Crippen molar-refractivity contribution in [1.29, 1.82) is 5.26 Å². The van der Waals surface area contributed by atoms with Crippen LogP contribution in [0.25, 0.3) is 5.57 Å². The second-order valence-corrected chi connectivity index (χ2v) is 10.5. The van der Waals surface area contributed by atoms with Crippen molar-refractivity contribution in [3.05, 3.63) is 53.4 Å². The summed E-state index contributed by atoms with van der Waals surface area (Å²) >= 11 is 0. The third-order valence-corrected chi connectivity index (χ3v) is 8.12. The Morgan fingerprint density at radius 1 is 1.11 bits per heavy atom. The van der Waals surface area contributed by atoms with E-state index in [1.54, 1.807) is 0 Å². The van der Waals surface area contributed by atoms with E-state index in [2.05, 4.69) is 40.0 Å². The zero-order valence-electron chi connectivity index (χ0n) is 21.9. The molecule has 1 atom stereocenters. The number of hydrogen-bond acceptors (Lipinski definition) is 6. The number of piperidine rings is 1. The van der Waals surface area contributed by atoms with E-state index < -0.39 is 0 Å². The van der Waals surface area contributed by atoms with Crippen molar-refractivity contribution in [2.24, 2.45) is 11.8 Å². The highest BCUT2D eigenvalue weighted by molar-refractivity contribution is 5.81. The normalized spacial score (nSPS) is 20.4. The maximum atomic E-state index is 12.7. The van der Waals surface area contributed by atoms with Crippen LogP contribution in [0, 0.1) is 23.2 Å². The third kappa shape index (κ3) is 5.95. The molecule has 0 N–H and O–H groups in total. The van der Waals surface area contributed by atoms with E-state index in [-0.39, 0.29) is 5.92 Å². The highest BCUT2D eigenvalue weighted by Gasteiger charge is 2.28. The lowest BCUT2D eigenvalue weighted by Gasteiger charge is -2.32. The number of aryl methyl sites for hydroxylation is 1. The summed E-state index contributed by atoms with van der Waals surface area (Å²) < 4.78 is 6.14. The van der Waals surface area contributed by atoms with Crippen LogP contribution in [0.2, 0.25) is 0 Å². The summed E-state index contributed by atoms with van der Waals surface area (Å²) in [6, 6.07) is 8.27. The molecule has 1 aromatic heterocycles. The summed E-state index contributed by atoms with van der Waals surface area (Å²) in [4.78, 5) is 26.0. The van der Waals surface area contributed by atoms with E-state index >= 15 is 0 Å². The minimum absolute atomic E-state index is 0.105. The summed E-state index contributed by atoms with van der Waals surface area (Å²) in [6.07, 6.45) is 13.8. The van der Waals surface area contributed by atoms with Gasteiger partial charge in [-0.15, -0.1) is 0 Å². The average Bonchev–Trinajstić information content (AvgIpc) is 3.51. The lowest BCUT2D eigenvalue weighted by Crippen LogP contribution is -2.36. The summed E-state index contributed by atoms with van der Waals surface area (Å²) in [7, 11) is 0. The van der Waals surface area contributed by atoms with E-state index in [4.69, 9.17) is 4.74 Å². The second-order valence-electron chi connectivity index (χ2n) is 10.5. The Labute approximate surface area is 220 Å². The molecule has 2 aliphatic heterocycles. The fraction of sp³-hybridized carbons (Fsp3) is 0.533. The number of hydrogen-bond donors (Lipinski definition) is 0. The molecule has 5 rings (SSSR count). The largest absolute Gasteiger partial charge is 0.492 e. The van der Waals surface area contributed by atoms with Gasteiger partial charge in [-0.2, -0.15) is 5.26 Å². The van der Waals surface area contributed by atoms with Crippen molar-refractivity contribution in [3.8, 4) is 11.8 Å². The van der Waals surface area contributed by atoms with Crippen molar-refractivity contribution in [2.75, 3.05) is 37.7 Å². The van der Waals surface area contributed by atoms with E-state index in [0.29, 0.717) is 29.7 Å². The number of allylic oxidation sites excluding steroid dienone is 2. The summed E-state index contributed by atoms with van der Waals surface area (Å²) in [5.74, 6) is 2.34. The molecular weight excluding hydrogens is 462 g/mol. The van der Waals surface area contributed by atoms with Gasteiger partial charge < -0.3 is 14.5 Å². The summed E-state index contributed by atoms with van der Waals surface area (Å²) in [5.41, 5.74) is 4.03. The van der Waals surface area contributed by atoms with Gasteiger partial charge in [-0.05, 0) is 86.1 Å². The molecule has 7 nitrogen and oxygen atoms in total. The van der Waals surface area contributed by atoms with Crippen LogP contribution in [-0.4, -0.2) is 53.6 Å². The molecule has 3 aliphatic rings. The standard InChI is InChI=1S/C30H37N5O2/c1-2-22-19-32-30(33-20-22)35-15-11-23(12-16-35)21-37-28-10-9-26(17-27(28)18-31)24-5-7-25(8-6-24)29(36)34-13-3-4-14-34/h5,9-10,17,19-20,23,25H,2-4,6-8,11-16,21H2,1H3. The quantitative estimate of drug-likeness (QED) is 0.533. The zero-order chi connectivity index (χ0) is 25.6. The maximum absolute atomic E-state index is 12.7. The monoisotopic (exact) mass is 499 g/mol. The lowest BCUT2D eigenvalue weighted by molar-refractivity contribution is -0.134. The van der Waals surface area contributed by atoms with Gasteiger partial charge in [0.2, 0.25) is 11.9 Å². The number of nitrogens with zero attached hydrogens (tertiary/aromatic N) is 5. The predicted octanol–water partition coefficient (Wildman–Crippen LogP) is 5.01. The molecule has 1 unspecified atom stereocenters. The molecule has 2 aromatic rings. The highest BCUT2D eigenvalue weighted by atomic mass is 16.5. The Bertz CT molecular complexity index is 1160. The van der Waals surface area contributed by atoms with Crippen molar-refractivity contribution in [3.63, 3.8) is 0 Å². The average molecular weight is 500 g/mol. The number of anilines is 1. The molecule has 0 bridgehead atoms. The number of rotatable bonds is 7. The van der Waals surface area contributed by atoms with Gasteiger partial charge >= 0.3 is 0 Å². The van der Waals surface area contributed by atoms with Crippen LogP contribution in [0.3, 0.4) is 0 Å². The van der Waals surface area contributed by atoms with Crippen molar-refractivity contribution in [1.82, 2.24) is 14.9 Å². The Hall–Kier alpha value is -3.40. The number of likely N-dealkylation sites (tertiary alicyclic amines) is 1. The molecule has 1 aromatic carbocycles. The molecule has 194 valence electrons. The molecule has 2 saturated heterocycles. The summed E-state index contributed by atoms with van der Waals surface area (Å²) in [6.45, 7) is 6.38. The fourth-order valence-corrected chi connectivity index (χ4v) is 5.66. The molecule has 7 heteroatoms. The van der Waals surface area contributed by atoms with E-state index in [0.717, 1.165) is 94.6 Å². The Balaban J connectivity index is 1.13. The molecule has 2 fully saturated rings. The van der Waals surface area contributed by atoms with Gasteiger partial charge in [0.15, 0.2) is 0 Å². The second kappa shape index (κ2) is 11.8. The number of aromatic nitrogens is 2. The number of carbonyl (C=O) groups is 1. The van der Waals surface area contributed by atoms with Gasteiger partial charge in [0.25, 0.3) is 0 Å². The van der Waals surface area contributed by atoms with Gasteiger partial charge in [-0.1, -0.05) is 19.1 Å². The molecule has 37 heavy (non-hydrogen) atoms. The number of benzene rings is 1. The first-order chi connectivity index (χ1) is 18.1. The Kier molecular flexibility index (Phi) is 8.03. The molecule has 0 saturated carbocycles. The van der Waals surface area contributed by atoms with Crippen molar-refractivity contribution in [2.45, 2.75) is 58.3 Å². The minimum Gasteiger partial charge on any atom is -0.492 e. The smallest absolute Gasteiger partial charge is 0.226 e. The minimum atomic E-state index is 0.105. The van der Waals surface area contributed by atoms with Crippen molar-refractivity contribution < 1.29 is 9.53 Å². The first kappa shape index (κ1) is 25.3. The fourth-order valence-electron chi connectivity index (χ4n) is 5.66. The van der Waals surface area contributed by atoms with Crippen LogP contribution in [0.4, 0.5) is 5.95 Å². The zero-order valence-corrected chi connectivity index (χ0v) is 21.9. The van der Waals surface area contributed by atoms with Crippen LogP contribution in [0.1, 0.15) is 68.6 Å². The maximum Gasteiger partial charge on any atom is 0.226 e. The van der Waals surface area contributed by atoms with E-state index in [9.17, 15) is 10.1 Å². The Morgan fingerprint density at radius 2 is 1.86 bits per heavy atom. The van der Waals surface area contributed by atoms with Gasteiger partial charge in [-0.25, -0.2) is 9.97 Å². The highest BCUT2D eigenvalue weighted by Crippen LogP contribution is 2.34. The van der Waals surface area contributed by atoms with Crippen LogP contribution in [0.15, 0.2) is 36.7 Å². The van der Waals surface area contributed by atoms with Gasteiger partial charge in [0.05, 0.1) is 12.2 Å². The van der Waals surface area contributed by atoms with Gasteiger partial charge in [-0.3, -0.25) is 4.79 Å². The third-order valence-electron chi connectivity index (χ3n) is 8.12. The lowest BCUT2D eigenvalue weighted by atomic mass is 9.85. The summed E-state index contributed by atoms with van der Waals surface area (Å²) in [5, 5.41) is 9.79. The number of carbonyl (C=O) groups excluding carboxylic acids is 1. The molecule has 1 aliphatic carbocycles. The molecule has 3 heterocycles. The van der Waals surface area contributed by atoms with E-state index in [1.807, 2.05) is 29.4 Å². The number of ether oxygens (including phenoxy) is 1. The van der Waals surface area contributed by atoms with Crippen LogP contribution < -0.4 is 9.64 Å². The van der Waals surface area contributed by atoms with E-state index in [1.165, 1.54) is 5.57 Å². The molecule has 0 radical (unpaired) electrons.